The average Bonchev–Trinajstić information content (AvgIpc) is 2.47. The van der Waals surface area contributed by atoms with Crippen LogP contribution in [0.4, 0.5) is 5.69 Å². The first-order valence-electron chi connectivity index (χ1n) is 6.91. The van der Waals surface area contributed by atoms with E-state index in [0.29, 0.717) is 37.6 Å². The lowest BCUT2D eigenvalue weighted by Gasteiger charge is -2.30. The summed E-state index contributed by atoms with van der Waals surface area (Å²) in [6.45, 7) is 2.41. The minimum Gasteiger partial charge on any atom is -0.378 e. The van der Waals surface area contributed by atoms with E-state index in [2.05, 4.69) is 4.98 Å². The maximum Gasteiger partial charge on any atom is 0.272 e. The van der Waals surface area contributed by atoms with Gasteiger partial charge < -0.3 is 20.4 Å². The number of rotatable bonds is 3. The Hall–Kier alpha value is -2.34. The van der Waals surface area contributed by atoms with Crippen LogP contribution < -0.4 is 16.2 Å². The fraction of sp³-hybridized carbons (Fsp3) is 0.333. The van der Waals surface area contributed by atoms with Crippen molar-refractivity contribution >= 4 is 22.5 Å². The van der Waals surface area contributed by atoms with Gasteiger partial charge in [-0.25, -0.2) is 0 Å². The second-order valence-corrected chi connectivity index (χ2v) is 5.07. The van der Waals surface area contributed by atoms with Crippen LogP contribution >= 0.6 is 0 Å². The van der Waals surface area contributed by atoms with Crippen molar-refractivity contribution in [2.24, 2.45) is 5.73 Å². The molecular weight excluding hydrogens is 270 g/mol. The van der Waals surface area contributed by atoms with E-state index in [1.165, 1.54) is 0 Å². The van der Waals surface area contributed by atoms with Gasteiger partial charge in [-0.1, -0.05) is 18.2 Å². The molecule has 0 atom stereocenters. The van der Waals surface area contributed by atoms with Crippen molar-refractivity contribution in [3.05, 3.63) is 40.2 Å². The molecule has 1 fully saturated rings. The van der Waals surface area contributed by atoms with Crippen LogP contribution in [-0.4, -0.2) is 37.2 Å². The highest BCUT2D eigenvalue weighted by Crippen LogP contribution is 2.25. The van der Waals surface area contributed by atoms with Crippen LogP contribution in [0.2, 0.25) is 0 Å². The number of pyridine rings is 1. The Morgan fingerprint density at radius 3 is 2.71 bits per heavy atom. The number of para-hydroxylation sites is 1. The molecule has 0 spiro atoms. The largest absolute Gasteiger partial charge is 0.378 e. The van der Waals surface area contributed by atoms with E-state index in [4.69, 9.17) is 10.5 Å². The summed E-state index contributed by atoms with van der Waals surface area (Å²) in [5.41, 5.74) is 7.14. The molecule has 1 aromatic carbocycles. The molecule has 2 aromatic rings. The molecule has 3 rings (SSSR count). The van der Waals surface area contributed by atoms with Gasteiger partial charge in [-0.3, -0.25) is 9.59 Å². The number of morpholine rings is 1. The van der Waals surface area contributed by atoms with Gasteiger partial charge in [-0.15, -0.1) is 0 Å². The summed E-state index contributed by atoms with van der Waals surface area (Å²) in [6.07, 6.45) is 0.0527. The molecule has 1 saturated heterocycles. The van der Waals surface area contributed by atoms with E-state index in [1.807, 2.05) is 29.2 Å². The highest BCUT2D eigenvalue weighted by molar-refractivity contribution is 5.91. The van der Waals surface area contributed by atoms with Gasteiger partial charge in [0.15, 0.2) is 0 Å². The number of fused-ring (bicyclic) bond motifs is 1. The molecule has 6 nitrogen and oxygen atoms in total. The molecule has 6 heteroatoms. The molecule has 1 aliphatic heterocycles. The van der Waals surface area contributed by atoms with E-state index >= 15 is 0 Å². The zero-order valence-corrected chi connectivity index (χ0v) is 11.6. The van der Waals surface area contributed by atoms with Gasteiger partial charge in [-0.2, -0.15) is 0 Å². The summed E-state index contributed by atoms with van der Waals surface area (Å²) in [5.74, 6) is -0.444. The number of carbonyl (C=O) groups excluding carboxylic acids is 1. The highest BCUT2D eigenvalue weighted by atomic mass is 16.5. The molecule has 21 heavy (non-hydrogen) atoms. The van der Waals surface area contributed by atoms with Crippen molar-refractivity contribution in [2.45, 2.75) is 6.42 Å². The number of amides is 1. The maximum atomic E-state index is 12.4. The number of anilines is 1. The maximum absolute atomic E-state index is 12.4. The van der Waals surface area contributed by atoms with Crippen LogP contribution in [0.5, 0.6) is 0 Å². The molecule has 0 saturated carbocycles. The number of hydrogen-bond acceptors (Lipinski definition) is 4. The Bertz CT molecular complexity index is 733. The predicted octanol–water partition coefficient (Wildman–Crippen LogP) is 0.393. The highest BCUT2D eigenvalue weighted by Gasteiger charge is 2.21. The van der Waals surface area contributed by atoms with Crippen molar-refractivity contribution in [2.75, 3.05) is 31.2 Å². The number of aromatic amines is 1. The Morgan fingerprint density at radius 1 is 1.29 bits per heavy atom. The van der Waals surface area contributed by atoms with E-state index in [0.717, 1.165) is 10.9 Å². The summed E-state index contributed by atoms with van der Waals surface area (Å²) >= 11 is 0. The number of nitrogens with two attached hydrogens (primary N) is 1. The molecule has 1 aliphatic rings. The van der Waals surface area contributed by atoms with Crippen molar-refractivity contribution in [1.82, 2.24) is 4.98 Å². The fourth-order valence-corrected chi connectivity index (χ4v) is 2.78. The molecule has 110 valence electrons. The predicted molar refractivity (Wildman–Crippen MR) is 80.5 cm³/mol. The van der Waals surface area contributed by atoms with Crippen molar-refractivity contribution < 1.29 is 9.53 Å². The van der Waals surface area contributed by atoms with Gasteiger partial charge in [0.05, 0.1) is 19.6 Å². The fourth-order valence-electron chi connectivity index (χ4n) is 2.78. The van der Waals surface area contributed by atoms with Crippen LogP contribution in [0.15, 0.2) is 29.1 Å². The third-order valence-corrected chi connectivity index (χ3v) is 3.68. The van der Waals surface area contributed by atoms with Gasteiger partial charge in [0.25, 0.3) is 5.56 Å². The number of aromatic nitrogens is 1. The van der Waals surface area contributed by atoms with Gasteiger partial charge >= 0.3 is 0 Å². The molecule has 1 aromatic heterocycles. The minimum absolute atomic E-state index is 0.0527. The topological polar surface area (TPSA) is 88.4 Å². The quantitative estimate of drug-likeness (QED) is 0.855. The minimum atomic E-state index is -0.444. The second-order valence-electron chi connectivity index (χ2n) is 5.07. The molecule has 0 aliphatic carbocycles. The van der Waals surface area contributed by atoms with E-state index < -0.39 is 5.91 Å². The van der Waals surface area contributed by atoms with Crippen molar-refractivity contribution in [1.29, 1.82) is 0 Å². The molecule has 0 unspecified atom stereocenters. The SMILES string of the molecule is NC(=O)Cc1c(N2CCOCC2)c(=O)[nH]c2ccccc12. The zero-order valence-electron chi connectivity index (χ0n) is 11.6. The second kappa shape index (κ2) is 5.57. The summed E-state index contributed by atoms with van der Waals surface area (Å²) < 4.78 is 5.32. The standard InChI is InChI=1S/C15H17N3O3/c16-13(19)9-11-10-3-1-2-4-12(10)17-15(20)14(11)18-5-7-21-8-6-18/h1-4H,5-9H2,(H2,16,19)(H,17,20). The molecule has 1 amide bonds. The first-order valence-corrected chi connectivity index (χ1v) is 6.91. The van der Waals surface area contributed by atoms with E-state index in [9.17, 15) is 9.59 Å². The lowest BCUT2D eigenvalue weighted by molar-refractivity contribution is -0.117. The number of benzene rings is 1. The third-order valence-electron chi connectivity index (χ3n) is 3.68. The Kier molecular flexibility index (Phi) is 3.62. The summed E-state index contributed by atoms with van der Waals surface area (Å²) in [7, 11) is 0. The Morgan fingerprint density at radius 2 is 2.00 bits per heavy atom. The molecule has 0 bridgehead atoms. The van der Waals surface area contributed by atoms with E-state index in [-0.39, 0.29) is 12.0 Å². The number of nitrogens with zero attached hydrogens (tertiary/aromatic N) is 1. The Labute approximate surface area is 121 Å². The zero-order chi connectivity index (χ0) is 14.8. The average molecular weight is 287 g/mol. The number of hydrogen-bond donors (Lipinski definition) is 2. The molecular formula is C15H17N3O3. The van der Waals surface area contributed by atoms with Crippen molar-refractivity contribution in [3.63, 3.8) is 0 Å². The van der Waals surface area contributed by atoms with E-state index in [1.54, 1.807) is 0 Å². The molecule has 2 heterocycles. The van der Waals surface area contributed by atoms with Gasteiger partial charge in [-0.05, 0) is 11.6 Å². The number of ether oxygens (including phenoxy) is 1. The smallest absolute Gasteiger partial charge is 0.272 e. The monoisotopic (exact) mass is 287 g/mol. The molecule has 3 N–H and O–H groups in total. The lowest BCUT2D eigenvalue weighted by Crippen LogP contribution is -2.40. The number of nitrogens with one attached hydrogen (secondary N) is 1. The number of carbonyl (C=O) groups is 1. The van der Waals surface area contributed by atoms with Crippen LogP contribution in [0.25, 0.3) is 10.9 Å². The van der Waals surface area contributed by atoms with Gasteiger partial charge in [0, 0.05) is 24.0 Å². The van der Waals surface area contributed by atoms with Crippen LogP contribution in [0, 0.1) is 0 Å². The first-order chi connectivity index (χ1) is 10.2. The normalized spacial score (nSPS) is 15.3. The lowest BCUT2D eigenvalue weighted by atomic mass is 10.0. The molecule has 0 radical (unpaired) electrons. The van der Waals surface area contributed by atoms with Gasteiger partial charge in [0.2, 0.25) is 5.91 Å². The summed E-state index contributed by atoms with van der Waals surface area (Å²) in [6, 6.07) is 7.45. The third kappa shape index (κ3) is 2.62. The van der Waals surface area contributed by atoms with Crippen LogP contribution in [-0.2, 0) is 16.0 Å². The number of H-pyrrole nitrogens is 1. The van der Waals surface area contributed by atoms with Gasteiger partial charge in [0.1, 0.15) is 5.69 Å². The van der Waals surface area contributed by atoms with Crippen molar-refractivity contribution in [3.8, 4) is 0 Å². The van der Waals surface area contributed by atoms with Crippen LogP contribution in [0.1, 0.15) is 5.56 Å². The van der Waals surface area contributed by atoms with Crippen LogP contribution in [0.3, 0.4) is 0 Å². The number of primary amides is 1. The Balaban J connectivity index is 2.22. The summed E-state index contributed by atoms with van der Waals surface area (Å²) in [4.78, 5) is 28.7. The summed E-state index contributed by atoms with van der Waals surface area (Å²) in [5, 5.41) is 0.859. The first kappa shape index (κ1) is 13.6.